The van der Waals surface area contributed by atoms with Crippen molar-refractivity contribution >= 4 is 38.0 Å². The summed E-state index contributed by atoms with van der Waals surface area (Å²) in [6.45, 7) is 1.83. The summed E-state index contributed by atoms with van der Waals surface area (Å²) in [4.78, 5) is 11.4. The molecule has 0 spiro atoms. The summed E-state index contributed by atoms with van der Waals surface area (Å²) < 4.78 is 0. The van der Waals surface area contributed by atoms with Gasteiger partial charge in [0.2, 0.25) is 0 Å². The Morgan fingerprint density at radius 2 is 1.41 bits per heavy atom. The van der Waals surface area contributed by atoms with Gasteiger partial charge in [-0.1, -0.05) is 54.6 Å². The van der Waals surface area contributed by atoms with E-state index >= 15 is 0 Å². The van der Waals surface area contributed by atoms with E-state index in [4.69, 9.17) is 0 Å². The molecule has 0 aromatic heterocycles. The van der Waals surface area contributed by atoms with Crippen LogP contribution in [0.4, 0.5) is 5.69 Å². The molecule has 3 nitrogen and oxygen atoms in total. The Balaban J connectivity index is 2.41. The van der Waals surface area contributed by atoms with Crippen LogP contribution in [0.1, 0.15) is 5.56 Å². The molecule has 0 N–H and O–H groups in total. The fourth-order valence-electron chi connectivity index (χ4n) is 3.35. The number of aryl methyl sites for hydroxylation is 1. The molecule has 0 heterocycles. The Morgan fingerprint density at radius 3 is 2.14 bits per heavy atom. The van der Waals surface area contributed by atoms with Gasteiger partial charge in [-0.25, -0.2) is 0 Å². The van der Waals surface area contributed by atoms with Crippen molar-refractivity contribution in [3.05, 3.63) is 76.3 Å². The van der Waals surface area contributed by atoms with Crippen molar-refractivity contribution in [3.63, 3.8) is 0 Å². The highest BCUT2D eigenvalue weighted by molar-refractivity contribution is 6.23. The Morgan fingerprint density at radius 1 is 0.773 bits per heavy atom. The standard InChI is InChI=1S/C19H13NO2/c1-12-14-7-4-5-9-16(14)18-15-8-3-2-6-13(15)10-11-17(18)19(12)20(21)22/h2-11H,1H3. The van der Waals surface area contributed by atoms with Crippen LogP contribution in [0.25, 0.3) is 32.3 Å². The van der Waals surface area contributed by atoms with Crippen molar-refractivity contribution in [1.29, 1.82) is 0 Å². The molecule has 0 aliphatic heterocycles. The van der Waals surface area contributed by atoms with Gasteiger partial charge in [-0.3, -0.25) is 10.1 Å². The van der Waals surface area contributed by atoms with E-state index in [1.807, 2.05) is 67.6 Å². The summed E-state index contributed by atoms with van der Waals surface area (Å²) in [6.07, 6.45) is 0. The van der Waals surface area contributed by atoms with Crippen LogP contribution in [0.2, 0.25) is 0 Å². The highest BCUT2D eigenvalue weighted by Gasteiger charge is 2.20. The third-order valence-corrected chi connectivity index (χ3v) is 4.32. The minimum absolute atomic E-state index is 0.208. The summed E-state index contributed by atoms with van der Waals surface area (Å²) in [7, 11) is 0. The second kappa shape index (κ2) is 4.53. The van der Waals surface area contributed by atoms with Gasteiger partial charge in [-0.2, -0.15) is 0 Å². The molecule has 4 aromatic rings. The number of nitrogens with zero attached hydrogens (tertiary/aromatic N) is 1. The lowest BCUT2D eigenvalue weighted by Gasteiger charge is -2.11. The van der Waals surface area contributed by atoms with E-state index in [0.717, 1.165) is 32.5 Å². The molecule has 0 bridgehead atoms. The predicted octanol–water partition coefficient (Wildman–Crippen LogP) is 5.36. The number of hydrogen-bond acceptors (Lipinski definition) is 2. The topological polar surface area (TPSA) is 43.1 Å². The predicted molar refractivity (Wildman–Crippen MR) is 90.4 cm³/mol. The zero-order valence-electron chi connectivity index (χ0n) is 12.0. The van der Waals surface area contributed by atoms with Crippen molar-refractivity contribution in [3.8, 4) is 0 Å². The Hall–Kier alpha value is -2.94. The number of fused-ring (bicyclic) bond motifs is 5. The van der Waals surface area contributed by atoms with E-state index < -0.39 is 0 Å². The normalized spacial score (nSPS) is 11.3. The molecule has 0 aliphatic rings. The summed E-state index contributed by atoms with van der Waals surface area (Å²) in [5, 5.41) is 17.5. The van der Waals surface area contributed by atoms with Crippen LogP contribution >= 0.6 is 0 Å². The summed E-state index contributed by atoms with van der Waals surface area (Å²) >= 11 is 0. The van der Waals surface area contributed by atoms with Crippen molar-refractivity contribution in [2.75, 3.05) is 0 Å². The van der Waals surface area contributed by atoms with Crippen molar-refractivity contribution in [2.45, 2.75) is 6.92 Å². The zero-order chi connectivity index (χ0) is 15.3. The quantitative estimate of drug-likeness (QED) is 0.268. The van der Waals surface area contributed by atoms with E-state index in [0.29, 0.717) is 5.39 Å². The Kier molecular flexibility index (Phi) is 2.63. The number of hydrogen-bond donors (Lipinski definition) is 0. The molecule has 22 heavy (non-hydrogen) atoms. The molecule has 0 fully saturated rings. The molecule has 0 aliphatic carbocycles. The third-order valence-electron chi connectivity index (χ3n) is 4.32. The maximum Gasteiger partial charge on any atom is 0.280 e. The summed E-state index contributed by atoms with van der Waals surface area (Å²) in [6, 6.07) is 19.8. The number of rotatable bonds is 1. The van der Waals surface area contributed by atoms with E-state index in [9.17, 15) is 10.1 Å². The van der Waals surface area contributed by atoms with Gasteiger partial charge >= 0.3 is 0 Å². The molecule has 4 aromatic carbocycles. The van der Waals surface area contributed by atoms with Crippen LogP contribution in [-0.2, 0) is 0 Å². The minimum Gasteiger partial charge on any atom is -0.258 e. The first-order chi connectivity index (χ1) is 10.7. The van der Waals surface area contributed by atoms with E-state index in [-0.39, 0.29) is 10.6 Å². The van der Waals surface area contributed by atoms with Crippen LogP contribution in [0.15, 0.2) is 60.7 Å². The lowest BCUT2D eigenvalue weighted by molar-refractivity contribution is -0.383. The molecule has 4 rings (SSSR count). The molecule has 0 unspecified atom stereocenters. The number of nitro benzene ring substituents is 1. The first kappa shape index (κ1) is 12.8. The average molecular weight is 287 g/mol. The molecule has 0 radical (unpaired) electrons. The first-order valence-electron chi connectivity index (χ1n) is 7.15. The Bertz CT molecular complexity index is 1070. The fraction of sp³-hybridized carbons (Fsp3) is 0.0526. The zero-order valence-corrected chi connectivity index (χ0v) is 12.0. The van der Waals surface area contributed by atoms with Gasteiger partial charge in [0.15, 0.2) is 0 Å². The number of nitro groups is 1. The van der Waals surface area contributed by atoms with Gasteiger partial charge < -0.3 is 0 Å². The van der Waals surface area contributed by atoms with Gasteiger partial charge in [-0.15, -0.1) is 0 Å². The molecule has 0 atom stereocenters. The van der Waals surface area contributed by atoms with Gasteiger partial charge in [0, 0.05) is 10.9 Å². The maximum absolute atomic E-state index is 11.6. The second-order valence-corrected chi connectivity index (χ2v) is 5.49. The lowest BCUT2D eigenvalue weighted by atomic mass is 9.92. The molecule has 0 saturated heterocycles. The SMILES string of the molecule is Cc1c([N+](=O)[O-])c2ccc3ccccc3c2c2ccccc12. The van der Waals surface area contributed by atoms with E-state index in [1.165, 1.54) is 0 Å². The fourth-order valence-corrected chi connectivity index (χ4v) is 3.35. The highest BCUT2D eigenvalue weighted by atomic mass is 16.6. The molecule has 0 amide bonds. The first-order valence-corrected chi connectivity index (χ1v) is 7.15. The van der Waals surface area contributed by atoms with E-state index in [1.54, 1.807) is 0 Å². The van der Waals surface area contributed by atoms with Gasteiger partial charge in [-0.05, 0) is 34.5 Å². The van der Waals surface area contributed by atoms with Crippen LogP contribution in [0, 0.1) is 17.0 Å². The van der Waals surface area contributed by atoms with Crippen LogP contribution in [-0.4, -0.2) is 4.92 Å². The second-order valence-electron chi connectivity index (χ2n) is 5.49. The van der Waals surface area contributed by atoms with Gasteiger partial charge in [0.1, 0.15) is 0 Å². The van der Waals surface area contributed by atoms with Gasteiger partial charge in [0.25, 0.3) is 5.69 Å². The van der Waals surface area contributed by atoms with Gasteiger partial charge in [0.05, 0.1) is 10.3 Å². The smallest absolute Gasteiger partial charge is 0.258 e. The summed E-state index contributed by atoms with van der Waals surface area (Å²) in [5.74, 6) is 0. The van der Waals surface area contributed by atoms with Crippen molar-refractivity contribution < 1.29 is 4.92 Å². The van der Waals surface area contributed by atoms with E-state index in [2.05, 4.69) is 0 Å². The lowest BCUT2D eigenvalue weighted by Crippen LogP contribution is -1.95. The molecule has 0 saturated carbocycles. The minimum atomic E-state index is -0.265. The highest BCUT2D eigenvalue weighted by Crippen LogP contribution is 2.40. The largest absolute Gasteiger partial charge is 0.280 e. The van der Waals surface area contributed by atoms with Crippen LogP contribution in [0.3, 0.4) is 0 Å². The van der Waals surface area contributed by atoms with Crippen molar-refractivity contribution in [1.82, 2.24) is 0 Å². The molecular formula is C19H13NO2. The monoisotopic (exact) mass is 287 g/mol. The Labute approximate surface area is 126 Å². The maximum atomic E-state index is 11.6. The van der Waals surface area contributed by atoms with Crippen molar-refractivity contribution in [2.24, 2.45) is 0 Å². The molecular weight excluding hydrogens is 274 g/mol. The van der Waals surface area contributed by atoms with Crippen LogP contribution in [0.5, 0.6) is 0 Å². The molecule has 3 heteroatoms. The average Bonchev–Trinajstić information content (AvgIpc) is 2.54. The third kappa shape index (κ3) is 1.62. The number of benzene rings is 4. The van der Waals surface area contributed by atoms with Crippen LogP contribution < -0.4 is 0 Å². The molecule has 106 valence electrons. The summed E-state index contributed by atoms with van der Waals surface area (Å²) in [5.41, 5.74) is 0.933.